The summed E-state index contributed by atoms with van der Waals surface area (Å²) in [5.41, 5.74) is 1.36. The summed E-state index contributed by atoms with van der Waals surface area (Å²) in [7, 11) is 5.22. The maximum Gasteiger partial charge on any atom is 0.411 e. The van der Waals surface area contributed by atoms with Crippen molar-refractivity contribution in [3.63, 3.8) is 0 Å². The number of methoxy groups -OCH3 is 1. The first-order chi connectivity index (χ1) is 27.4. The zero-order chi connectivity index (χ0) is 40.0. The third-order valence-electron chi connectivity index (χ3n) is 14.2. The van der Waals surface area contributed by atoms with Gasteiger partial charge in [-0.2, -0.15) is 9.78 Å². The Hall–Kier alpha value is -3.24. The third-order valence-corrected chi connectivity index (χ3v) is 15.4. The molecule has 8 fully saturated rings. The van der Waals surface area contributed by atoms with Crippen LogP contribution in [0.25, 0.3) is 0 Å². The van der Waals surface area contributed by atoms with Crippen molar-refractivity contribution in [3.8, 4) is 0 Å². The monoisotopic (exact) mass is 826 g/mol. The molecule has 15 heteroatoms. The number of carbonyl (C=O) groups excluding carboxylic acids is 5. The number of hydrogen-bond acceptors (Lipinski definition) is 11. The lowest BCUT2D eigenvalue weighted by molar-refractivity contribution is -0.394. The molecule has 4 bridgehead atoms. The summed E-state index contributed by atoms with van der Waals surface area (Å²) in [4.78, 5) is 80.8. The minimum Gasteiger partial charge on any atom is -0.446 e. The van der Waals surface area contributed by atoms with Crippen molar-refractivity contribution in [2.24, 2.45) is 29.6 Å². The van der Waals surface area contributed by atoms with E-state index in [-0.39, 0.29) is 66.7 Å². The van der Waals surface area contributed by atoms with Gasteiger partial charge < -0.3 is 24.4 Å². The molecule has 5 atom stereocenters. The van der Waals surface area contributed by atoms with E-state index in [1.54, 1.807) is 14.2 Å². The molecule has 9 rings (SSSR count). The minimum atomic E-state index is -0.993. The van der Waals surface area contributed by atoms with E-state index in [2.05, 4.69) is 10.6 Å². The molecule has 14 nitrogen and oxygen atoms in total. The number of ether oxygens (including phenoxy) is 3. The Morgan fingerprint density at radius 2 is 1.71 bits per heavy atom. The second-order valence-corrected chi connectivity index (χ2v) is 19.1. The van der Waals surface area contributed by atoms with Gasteiger partial charge in [-0.1, -0.05) is 19.6 Å². The summed E-state index contributed by atoms with van der Waals surface area (Å²) in [5, 5.41) is 5.09. The van der Waals surface area contributed by atoms with Gasteiger partial charge in [0.2, 0.25) is 35.2 Å². The fourth-order valence-electron chi connectivity index (χ4n) is 11.4. The van der Waals surface area contributed by atoms with E-state index in [0.29, 0.717) is 56.2 Å². The molecule has 8 aliphatic rings. The van der Waals surface area contributed by atoms with Gasteiger partial charge in [-0.15, -0.1) is 11.8 Å². The van der Waals surface area contributed by atoms with Gasteiger partial charge in [0.05, 0.1) is 11.9 Å². The normalized spacial score (nSPS) is 36.3. The van der Waals surface area contributed by atoms with Crippen LogP contribution in [0.2, 0.25) is 0 Å². The predicted molar refractivity (Wildman–Crippen MR) is 216 cm³/mol. The molecular formula is C43H62N4O10S. The molecule has 320 valence electrons. The highest BCUT2D eigenvalue weighted by Crippen LogP contribution is 2.66. The molecule has 5 amide bonds. The average molecular weight is 827 g/mol. The minimum absolute atomic E-state index is 0. The van der Waals surface area contributed by atoms with Crippen LogP contribution in [0.1, 0.15) is 109 Å². The first kappa shape index (κ1) is 42.9. The maximum absolute atomic E-state index is 13.8. The number of benzene rings is 1. The van der Waals surface area contributed by atoms with Crippen LogP contribution in [0, 0.1) is 29.6 Å². The molecule has 2 aliphatic heterocycles. The molecule has 6 saturated carbocycles. The van der Waals surface area contributed by atoms with Crippen molar-refractivity contribution in [1.82, 2.24) is 15.1 Å². The van der Waals surface area contributed by atoms with Crippen LogP contribution < -0.4 is 10.6 Å². The highest BCUT2D eigenvalue weighted by atomic mass is 32.2. The molecule has 2 N–H and O–H groups in total. The molecule has 0 radical (unpaired) electrons. The number of anilines is 1. The molecule has 2 saturated heterocycles. The smallest absolute Gasteiger partial charge is 0.411 e. The van der Waals surface area contributed by atoms with Gasteiger partial charge in [0, 0.05) is 88.2 Å². The van der Waals surface area contributed by atoms with Crippen LogP contribution in [0.15, 0.2) is 24.3 Å². The Morgan fingerprint density at radius 3 is 2.40 bits per heavy atom. The Balaban J connectivity index is 0.00000512. The zero-order valence-electron chi connectivity index (χ0n) is 33.5. The van der Waals surface area contributed by atoms with Crippen molar-refractivity contribution in [2.45, 2.75) is 139 Å². The summed E-state index contributed by atoms with van der Waals surface area (Å²) < 4.78 is 18.0. The van der Waals surface area contributed by atoms with E-state index >= 15 is 0 Å². The molecule has 58 heavy (non-hydrogen) atoms. The van der Waals surface area contributed by atoms with E-state index in [4.69, 9.17) is 24.0 Å². The van der Waals surface area contributed by atoms with Gasteiger partial charge in [0.25, 0.3) is 0 Å². The first-order valence-corrected chi connectivity index (χ1v) is 22.0. The van der Waals surface area contributed by atoms with Gasteiger partial charge in [-0.05, 0) is 100 Å². The maximum atomic E-state index is 13.8. The number of thioether (sulfide) groups is 1. The van der Waals surface area contributed by atoms with Gasteiger partial charge >= 0.3 is 6.09 Å². The van der Waals surface area contributed by atoms with E-state index in [9.17, 15) is 24.0 Å². The highest BCUT2D eigenvalue weighted by molar-refractivity contribution is 8.00. The molecule has 4 unspecified atom stereocenters. The molecule has 1 aromatic rings. The summed E-state index contributed by atoms with van der Waals surface area (Å²) in [6, 6.07) is 7.44. The number of imide groups is 1. The number of carbonyl (C=O) groups is 5. The quantitative estimate of drug-likeness (QED) is 0.183. The molecule has 1 aromatic carbocycles. The number of nitrogens with one attached hydrogen (secondary N) is 2. The van der Waals surface area contributed by atoms with Gasteiger partial charge in [0.15, 0.2) is 0 Å². The first-order valence-electron chi connectivity index (χ1n) is 21.0. The lowest BCUT2D eigenvalue weighted by atomic mass is 9.49. The SMILES string of the molecule is C.CNC(=O)C1CCC(CN2C(=O)CC(SCCC(=O)N(C)C34CC5CC(C3)C3(OO[C@@]6(CCCC(OC(=O)Nc7ccc(COC)cc7)C6)O3)C(C5)C4)C2=O)CC1. The Bertz CT molecular complexity index is 1690. The van der Waals surface area contributed by atoms with E-state index in [1.807, 2.05) is 36.2 Å². The number of likely N-dealkylation sites (tertiary alicyclic amines) is 1. The zero-order valence-corrected chi connectivity index (χ0v) is 34.3. The number of nitrogens with zero attached hydrogens (tertiary/aromatic N) is 2. The Morgan fingerprint density at radius 1 is 0.983 bits per heavy atom. The summed E-state index contributed by atoms with van der Waals surface area (Å²) in [5.74, 6) is -0.766. The van der Waals surface area contributed by atoms with Crippen LogP contribution in [0.3, 0.4) is 0 Å². The van der Waals surface area contributed by atoms with Crippen molar-refractivity contribution >= 4 is 47.2 Å². The predicted octanol–water partition coefficient (Wildman–Crippen LogP) is 6.17. The molecule has 6 aliphatic carbocycles. The number of rotatable bonds is 12. The molecule has 2 heterocycles. The van der Waals surface area contributed by atoms with E-state index < -0.39 is 29.0 Å². The van der Waals surface area contributed by atoms with Crippen LogP contribution in [-0.4, -0.2) is 101 Å². The lowest BCUT2D eigenvalue weighted by Gasteiger charge is -2.64. The van der Waals surface area contributed by atoms with Gasteiger partial charge in [0.1, 0.15) is 6.10 Å². The fraction of sp³-hybridized carbons (Fsp3) is 0.744. The van der Waals surface area contributed by atoms with Gasteiger partial charge in [-0.3, -0.25) is 29.4 Å². The summed E-state index contributed by atoms with van der Waals surface area (Å²) in [6.07, 6.45) is 9.63. The Labute approximate surface area is 346 Å². The van der Waals surface area contributed by atoms with Crippen LogP contribution in [-0.2, 0) is 49.8 Å². The second-order valence-electron chi connectivity index (χ2n) is 17.8. The lowest BCUT2D eigenvalue weighted by Crippen LogP contribution is -2.69. The van der Waals surface area contributed by atoms with Crippen molar-refractivity contribution in [3.05, 3.63) is 29.8 Å². The topological polar surface area (TPSA) is 162 Å². The second kappa shape index (κ2) is 17.4. The fourth-order valence-corrected chi connectivity index (χ4v) is 12.5. The van der Waals surface area contributed by atoms with Crippen LogP contribution >= 0.6 is 11.8 Å². The molecule has 2 spiro atoms. The van der Waals surface area contributed by atoms with Crippen LogP contribution in [0.4, 0.5) is 10.5 Å². The number of hydrogen-bond donors (Lipinski definition) is 2. The highest BCUT2D eigenvalue weighted by Gasteiger charge is 2.71. The standard InChI is InChI=1S/C42H58N4O10S.CH4/c1-43-37(49)29-10-6-26(7-11-29)24-46-36(48)19-34(38(46)50)57-16-14-35(47)45(2)40-20-28-17-30(21-40)42(31(18-28)22-40)54-41(55-56-42)15-4-5-33(23-41)53-39(51)44-32-12-8-27(9-13-32)25-52-3;/h8-9,12-13,26,28-31,33-34H,4-7,10-11,14-25H2,1-3H3,(H,43,49)(H,44,51);1H4/t26?,28?,29?,30?,31?,33?,34?,40?,41-,42?;/m1./s1. The average Bonchev–Trinajstić information content (AvgIpc) is 3.69. The van der Waals surface area contributed by atoms with Crippen molar-refractivity contribution in [1.29, 1.82) is 0 Å². The molecule has 0 aromatic heterocycles. The Kier molecular flexibility index (Phi) is 12.9. The van der Waals surface area contributed by atoms with Crippen molar-refractivity contribution in [2.75, 3.05) is 38.8 Å². The third kappa shape index (κ3) is 8.39. The van der Waals surface area contributed by atoms with Crippen LogP contribution in [0.5, 0.6) is 0 Å². The molecular weight excluding hydrogens is 765 g/mol. The van der Waals surface area contributed by atoms with E-state index in [1.165, 1.54) is 16.7 Å². The van der Waals surface area contributed by atoms with Gasteiger partial charge in [-0.25, -0.2) is 4.79 Å². The van der Waals surface area contributed by atoms with E-state index in [0.717, 1.165) is 69.8 Å². The summed E-state index contributed by atoms with van der Waals surface area (Å²) >= 11 is 1.42. The van der Waals surface area contributed by atoms with Crippen molar-refractivity contribution < 1.29 is 48.0 Å². The summed E-state index contributed by atoms with van der Waals surface area (Å²) in [6.45, 7) is 0.915. The number of amides is 5. The largest absolute Gasteiger partial charge is 0.446 e.